The largest absolute Gasteiger partial charge is 0.272 e. The van der Waals surface area contributed by atoms with E-state index in [9.17, 15) is 13.2 Å². The first-order chi connectivity index (χ1) is 11.4. The van der Waals surface area contributed by atoms with Crippen LogP contribution in [0.4, 0.5) is 0 Å². The molecule has 1 amide bonds. The third-order valence-corrected chi connectivity index (χ3v) is 5.44. The molecule has 0 aliphatic heterocycles. The molecule has 0 aliphatic carbocycles. The van der Waals surface area contributed by atoms with Crippen molar-refractivity contribution in [2.75, 3.05) is 13.6 Å². The number of nitrogens with one attached hydrogen (secondary N) is 1. The van der Waals surface area contributed by atoms with E-state index in [1.54, 1.807) is 12.1 Å². The maximum Gasteiger partial charge on any atom is 0.255 e. The maximum atomic E-state index is 12.4. The average Bonchev–Trinajstić information content (AvgIpc) is 2.56. The summed E-state index contributed by atoms with van der Waals surface area (Å²) in [6.45, 7) is -0.329. The van der Waals surface area contributed by atoms with E-state index in [-0.39, 0.29) is 11.4 Å². The number of amides is 1. The summed E-state index contributed by atoms with van der Waals surface area (Å²) in [6.07, 6.45) is 1.49. The van der Waals surface area contributed by atoms with Gasteiger partial charge in [0.2, 0.25) is 10.0 Å². The van der Waals surface area contributed by atoms with E-state index >= 15 is 0 Å². The number of hydrazone groups is 1. The number of sulfonamides is 1. The van der Waals surface area contributed by atoms with Crippen LogP contribution in [-0.2, 0) is 14.8 Å². The van der Waals surface area contributed by atoms with Gasteiger partial charge in [-0.2, -0.15) is 9.41 Å². The van der Waals surface area contributed by atoms with Crippen molar-refractivity contribution < 1.29 is 13.2 Å². The third-order valence-electron chi connectivity index (χ3n) is 3.09. The van der Waals surface area contributed by atoms with Crippen LogP contribution in [0.5, 0.6) is 0 Å². The van der Waals surface area contributed by atoms with Crippen molar-refractivity contribution in [3.05, 3.63) is 64.6 Å². The van der Waals surface area contributed by atoms with Gasteiger partial charge in [-0.25, -0.2) is 13.8 Å². The van der Waals surface area contributed by atoms with E-state index in [0.29, 0.717) is 0 Å². The summed E-state index contributed by atoms with van der Waals surface area (Å²) in [7, 11) is -2.38. The van der Waals surface area contributed by atoms with E-state index < -0.39 is 15.9 Å². The molecule has 0 heterocycles. The first-order valence-electron chi connectivity index (χ1n) is 6.98. The number of hydrogen-bond acceptors (Lipinski definition) is 4. The lowest BCUT2D eigenvalue weighted by Gasteiger charge is -2.16. The number of rotatable bonds is 6. The van der Waals surface area contributed by atoms with Crippen molar-refractivity contribution in [3.63, 3.8) is 0 Å². The molecule has 0 spiro atoms. The van der Waals surface area contributed by atoms with Gasteiger partial charge in [0.25, 0.3) is 5.91 Å². The van der Waals surface area contributed by atoms with E-state index in [1.165, 1.54) is 25.4 Å². The Balaban J connectivity index is 1.95. The summed E-state index contributed by atoms with van der Waals surface area (Å²) in [4.78, 5) is 12.0. The van der Waals surface area contributed by atoms with Crippen LogP contribution in [0.15, 0.2) is 69.1 Å². The Labute approximate surface area is 149 Å². The lowest BCUT2D eigenvalue weighted by molar-refractivity contribution is -0.121. The predicted octanol–water partition coefficient (Wildman–Crippen LogP) is 2.22. The average molecular weight is 410 g/mol. The minimum absolute atomic E-state index is 0.119. The third kappa shape index (κ3) is 4.98. The fourth-order valence-corrected chi connectivity index (χ4v) is 3.22. The van der Waals surface area contributed by atoms with Gasteiger partial charge >= 0.3 is 0 Å². The van der Waals surface area contributed by atoms with Crippen molar-refractivity contribution in [1.82, 2.24) is 9.73 Å². The van der Waals surface area contributed by atoms with Crippen molar-refractivity contribution >= 4 is 38.1 Å². The van der Waals surface area contributed by atoms with Crippen LogP contribution >= 0.6 is 15.9 Å². The van der Waals surface area contributed by atoms with Crippen molar-refractivity contribution in [2.45, 2.75) is 4.90 Å². The van der Waals surface area contributed by atoms with Gasteiger partial charge in [0, 0.05) is 11.5 Å². The summed E-state index contributed by atoms with van der Waals surface area (Å²) in [5, 5.41) is 3.81. The molecule has 2 aromatic carbocycles. The molecule has 0 radical (unpaired) electrons. The fraction of sp³-hybridized carbons (Fsp3) is 0.125. The van der Waals surface area contributed by atoms with E-state index in [0.717, 1.165) is 14.3 Å². The lowest BCUT2D eigenvalue weighted by Crippen LogP contribution is -2.36. The van der Waals surface area contributed by atoms with Gasteiger partial charge in [-0.1, -0.05) is 46.3 Å². The number of hydrogen-bond donors (Lipinski definition) is 1. The molecule has 0 saturated heterocycles. The number of nitrogens with zero attached hydrogens (tertiary/aromatic N) is 2. The smallest absolute Gasteiger partial charge is 0.255 e. The summed E-state index contributed by atoms with van der Waals surface area (Å²) >= 11 is 3.25. The molecule has 6 nitrogen and oxygen atoms in total. The Morgan fingerprint density at radius 1 is 1.17 bits per heavy atom. The Hall–Kier alpha value is -2.03. The van der Waals surface area contributed by atoms with Crippen LogP contribution in [0.1, 0.15) is 5.56 Å². The van der Waals surface area contributed by atoms with Gasteiger partial charge in [0.05, 0.1) is 17.7 Å². The van der Waals surface area contributed by atoms with Crippen LogP contribution in [0.2, 0.25) is 0 Å². The molecular formula is C16H16BrN3O3S. The second kappa shape index (κ2) is 8.18. The van der Waals surface area contributed by atoms with Crippen LogP contribution in [0, 0.1) is 0 Å². The highest BCUT2D eigenvalue weighted by Gasteiger charge is 2.22. The topological polar surface area (TPSA) is 78.8 Å². The molecule has 24 heavy (non-hydrogen) atoms. The molecule has 2 rings (SSSR count). The van der Waals surface area contributed by atoms with Crippen LogP contribution < -0.4 is 5.43 Å². The fourth-order valence-electron chi connectivity index (χ4n) is 1.83. The molecule has 0 fully saturated rings. The molecule has 126 valence electrons. The number of benzene rings is 2. The van der Waals surface area contributed by atoms with Crippen molar-refractivity contribution in [2.24, 2.45) is 5.10 Å². The van der Waals surface area contributed by atoms with Gasteiger partial charge in [0.1, 0.15) is 0 Å². The summed E-state index contributed by atoms with van der Waals surface area (Å²) < 4.78 is 26.5. The zero-order valence-electron chi connectivity index (χ0n) is 12.9. The Bertz CT molecular complexity index is 821. The minimum atomic E-state index is -3.73. The quantitative estimate of drug-likeness (QED) is 0.586. The Morgan fingerprint density at radius 2 is 1.79 bits per heavy atom. The highest BCUT2D eigenvalue weighted by atomic mass is 79.9. The zero-order chi connectivity index (χ0) is 17.6. The molecule has 0 aromatic heterocycles. The second-order valence-corrected chi connectivity index (χ2v) is 7.88. The highest BCUT2D eigenvalue weighted by molar-refractivity contribution is 9.10. The lowest BCUT2D eigenvalue weighted by atomic mass is 10.2. The second-order valence-electron chi connectivity index (χ2n) is 4.92. The van der Waals surface area contributed by atoms with Crippen molar-refractivity contribution in [1.29, 1.82) is 0 Å². The number of carbonyl (C=O) groups excluding carboxylic acids is 1. The minimum Gasteiger partial charge on any atom is -0.272 e. The zero-order valence-corrected chi connectivity index (χ0v) is 15.3. The van der Waals surface area contributed by atoms with Gasteiger partial charge in [-0.15, -0.1) is 0 Å². The summed E-state index contributed by atoms with van der Waals surface area (Å²) in [5.41, 5.74) is 3.14. The van der Waals surface area contributed by atoms with Crippen LogP contribution in [0.25, 0.3) is 0 Å². The first kappa shape index (κ1) is 18.3. The number of carbonyl (C=O) groups is 1. The predicted molar refractivity (Wildman–Crippen MR) is 96.1 cm³/mol. The van der Waals surface area contributed by atoms with Crippen molar-refractivity contribution in [3.8, 4) is 0 Å². The van der Waals surface area contributed by atoms with Gasteiger partial charge in [-0.3, -0.25) is 4.79 Å². The summed E-state index contributed by atoms with van der Waals surface area (Å²) in [6, 6.07) is 15.4. The monoisotopic (exact) mass is 409 g/mol. The molecule has 0 atom stereocenters. The maximum absolute atomic E-state index is 12.4. The molecule has 2 aromatic rings. The van der Waals surface area contributed by atoms with Gasteiger partial charge < -0.3 is 0 Å². The highest BCUT2D eigenvalue weighted by Crippen LogP contribution is 2.17. The standard InChI is InChI=1S/C16H16BrN3O3S/c1-20(24(22,23)15-9-7-14(17)8-10-15)12-16(21)19-18-11-13-5-3-2-4-6-13/h2-11H,12H2,1H3,(H,19,21)/b18-11-. The number of likely N-dealkylation sites (N-methyl/N-ethyl adjacent to an activating group) is 1. The Morgan fingerprint density at radius 3 is 2.42 bits per heavy atom. The van der Waals surface area contributed by atoms with Gasteiger partial charge in [0.15, 0.2) is 0 Å². The Kier molecular flexibility index (Phi) is 6.24. The molecule has 0 aliphatic rings. The van der Waals surface area contributed by atoms with E-state index in [1.807, 2.05) is 30.3 Å². The van der Waals surface area contributed by atoms with Crippen LogP contribution in [0.3, 0.4) is 0 Å². The molecule has 8 heteroatoms. The molecule has 0 unspecified atom stereocenters. The van der Waals surface area contributed by atoms with Gasteiger partial charge in [-0.05, 0) is 29.8 Å². The summed E-state index contributed by atoms with van der Waals surface area (Å²) in [5.74, 6) is -0.523. The van der Waals surface area contributed by atoms with E-state index in [4.69, 9.17) is 0 Å². The normalized spacial score (nSPS) is 11.8. The van der Waals surface area contributed by atoms with E-state index in [2.05, 4.69) is 26.5 Å². The first-order valence-corrected chi connectivity index (χ1v) is 9.22. The van der Waals surface area contributed by atoms with Crippen LogP contribution in [-0.4, -0.2) is 38.4 Å². The molecule has 0 saturated carbocycles. The SMILES string of the molecule is CN(CC(=O)N/N=C\c1ccccc1)S(=O)(=O)c1ccc(Br)cc1. The molecular weight excluding hydrogens is 394 g/mol. The number of halogens is 1. The molecule has 1 N–H and O–H groups in total. The molecule has 0 bridgehead atoms.